The summed E-state index contributed by atoms with van der Waals surface area (Å²) in [5, 5.41) is 34.2. The van der Waals surface area contributed by atoms with Crippen molar-refractivity contribution in [2.45, 2.75) is 88.6 Å². The van der Waals surface area contributed by atoms with Gasteiger partial charge in [-0.3, -0.25) is 4.79 Å². The highest BCUT2D eigenvalue weighted by Gasteiger charge is 2.49. The van der Waals surface area contributed by atoms with Gasteiger partial charge >= 0.3 is 6.09 Å². The number of piperidine rings is 1. The first-order valence-electron chi connectivity index (χ1n) is 17.5. The quantitative estimate of drug-likeness (QED) is 0.363. The van der Waals surface area contributed by atoms with Gasteiger partial charge in [-0.05, 0) is 45.7 Å². The minimum Gasteiger partial charge on any atom is -0.444 e. The number of amides is 2. The van der Waals surface area contributed by atoms with Crippen molar-refractivity contribution in [1.82, 2.24) is 24.8 Å². The average Bonchev–Trinajstić information content (AvgIpc) is 3.80. The number of carbonyl (C=O) groups is 2. The Morgan fingerprint density at radius 2 is 1.71 bits per heavy atom. The van der Waals surface area contributed by atoms with E-state index in [1.165, 1.54) is 10.9 Å². The van der Waals surface area contributed by atoms with Gasteiger partial charge in [-0.1, -0.05) is 10.4 Å². The molecule has 5 heterocycles. The number of halogens is 3. The lowest BCUT2D eigenvalue weighted by Crippen LogP contribution is -2.58. The monoisotopic (exact) mass is 738 g/mol. The topological polar surface area (TPSA) is 170 Å². The van der Waals surface area contributed by atoms with Crippen molar-refractivity contribution in [3.05, 3.63) is 35.8 Å². The number of nitrogens with zero attached hydrogens (tertiary/aromatic N) is 6. The van der Waals surface area contributed by atoms with Crippen LogP contribution in [-0.2, 0) is 28.6 Å². The van der Waals surface area contributed by atoms with Crippen LogP contribution < -0.4 is 0 Å². The first-order chi connectivity index (χ1) is 24.8. The van der Waals surface area contributed by atoms with E-state index in [1.54, 1.807) is 9.80 Å². The van der Waals surface area contributed by atoms with Crippen LogP contribution in [0.1, 0.15) is 52.5 Å². The zero-order valence-corrected chi connectivity index (χ0v) is 29.3. The summed E-state index contributed by atoms with van der Waals surface area (Å²) in [5.74, 6) is -4.67. The number of rotatable bonds is 9. The van der Waals surface area contributed by atoms with Gasteiger partial charge in [0.1, 0.15) is 48.4 Å². The summed E-state index contributed by atoms with van der Waals surface area (Å²) < 4.78 is 66.3. The maximum atomic E-state index is 14.1. The van der Waals surface area contributed by atoms with Crippen molar-refractivity contribution in [2.24, 2.45) is 11.1 Å². The van der Waals surface area contributed by atoms with Crippen molar-refractivity contribution in [2.75, 3.05) is 52.6 Å². The second-order valence-corrected chi connectivity index (χ2v) is 14.5. The van der Waals surface area contributed by atoms with Gasteiger partial charge in [0.05, 0.1) is 37.8 Å². The number of hydrogen-bond donors (Lipinski definition) is 2. The minimum absolute atomic E-state index is 0.0217. The Bertz CT molecular complexity index is 1590. The molecule has 3 saturated heterocycles. The molecule has 2 N–H and O–H groups in total. The molecule has 0 aliphatic carbocycles. The molecule has 0 radical (unpaired) electrons. The zero-order chi connectivity index (χ0) is 37.2. The third-order valence-corrected chi connectivity index (χ3v) is 9.69. The van der Waals surface area contributed by atoms with Gasteiger partial charge in [0.15, 0.2) is 17.5 Å². The normalized spacial score (nSPS) is 27.3. The van der Waals surface area contributed by atoms with Crippen LogP contribution in [0.3, 0.4) is 0 Å². The van der Waals surface area contributed by atoms with E-state index in [2.05, 4.69) is 15.5 Å². The van der Waals surface area contributed by atoms with Gasteiger partial charge in [0.25, 0.3) is 0 Å². The predicted molar refractivity (Wildman–Crippen MR) is 175 cm³/mol. The largest absolute Gasteiger partial charge is 0.444 e. The third-order valence-electron chi connectivity index (χ3n) is 9.69. The lowest BCUT2D eigenvalue weighted by molar-refractivity contribution is -0.225. The highest BCUT2D eigenvalue weighted by Crippen LogP contribution is 2.37. The molecule has 0 bridgehead atoms. The van der Waals surface area contributed by atoms with Crippen molar-refractivity contribution >= 4 is 17.7 Å². The predicted octanol–water partition coefficient (Wildman–Crippen LogP) is 2.45. The van der Waals surface area contributed by atoms with E-state index in [-0.39, 0.29) is 42.2 Å². The Morgan fingerprint density at radius 1 is 1.02 bits per heavy atom. The maximum Gasteiger partial charge on any atom is 0.410 e. The summed E-state index contributed by atoms with van der Waals surface area (Å²) in [5.41, 5.74) is 0.136. The minimum atomic E-state index is -1.63. The van der Waals surface area contributed by atoms with Crippen LogP contribution in [0, 0.1) is 23.4 Å². The SMILES string of the molecule is CC(C)(C)OC(=O)N1CCC(C2=NO[C@@H](C[C@H]3O[C@H](CO)[C@H](O)[C@H](n4cc(-c5cc(F)c(F)c(F)c5)nn4)[C@H]3OCC(=O)N3CCOCC3)C2)CC1. The number of hydrogen-bond acceptors (Lipinski definition) is 12. The molecule has 1 aromatic carbocycles. The molecule has 4 aliphatic heterocycles. The molecule has 15 nitrogen and oxygen atoms in total. The summed E-state index contributed by atoms with van der Waals surface area (Å²) in [6.45, 7) is 7.07. The lowest BCUT2D eigenvalue weighted by Gasteiger charge is -2.44. The Morgan fingerprint density at radius 3 is 2.37 bits per heavy atom. The molecule has 4 aliphatic rings. The van der Waals surface area contributed by atoms with E-state index >= 15 is 0 Å². The summed E-state index contributed by atoms with van der Waals surface area (Å²) in [6, 6.07) is 0.458. The molecule has 52 heavy (non-hydrogen) atoms. The summed E-state index contributed by atoms with van der Waals surface area (Å²) in [4.78, 5) is 34.9. The summed E-state index contributed by atoms with van der Waals surface area (Å²) in [6.07, 6.45) is -1.95. The van der Waals surface area contributed by atoms with Crippen LogP contribution in [0.2, 0.25) is 0 Å². The van der Waals surface area contributed by atoms with Gasteiger partial charge in [-0.15, -0.1) is 5.10 Å². The molecule has 0 saturated carbocycles. The van der Waals surface area contributed by atoms with E-state index in [0.29, 0.717) is 58.7 Å². The first-order valence-corrected chi connectivity index (χ1v) is 17.5. The maximum absolute atomic E-state index is 14.1. The highest BCUT2D eigenvalue weighted by atomic mass is 19.2. The molecule has 2 amide bonds. The Kier molecular flexibility index (Phi) is 11.7. The van der Waals surface area contributed by atoms with Gasteiger partial charge < -0.3 is 43.8 Å². The molecule has 6 rings (SSSR count). The van der Waals surface area contributed by atoms with Crippen molar-refractivity contribution < 1.29 is 56.8 Å². The number of aliphatic hydroxyl groups is 2. The van der Waals surface area contributed by atoms with Crippen molar-refractivity contribution in [3.63, 3.8) is 0 Å². The average molecular weight is 739 g/mol. The standard InChI is InChI=1S/C34H45F3N6O9/c1-34(2,3)51-33(47)42-6-4-19(5-7-42)24-14-21(52-39-24)15-26-32(49-18-28(45)41-8-10-48-11-9-41)30(31(46)27(17-44)50-26)43-16-25(38-40-43)20-12-22(35)29(37)23(36)13-20/h12-13,16,19,21,26-27,30-32,44,46H,4-11,14-15,17-18H2,1-3H3/t21-,26-,27-,30+,31+,32+/m1/s1. The molecule has 3 fully saturated rings. The van der Waals surface area contributed by atoms with E-state index in [0.717, 1.165) is 17.8 Å². The Balaban J connectivity index is 1.18. The number of oxime groups is 1. The first kappa shape index (κ1) is 37.9. The molecule has 0 spiro atoms. The van der Waals surface area contributed by atoms with Crippen LogP contribution in [0.15, 0.2) is 23.5 Å². The second kappa shape index (κ2) is 16.0. The molecule has 18 heteroatoms. The van der Waals surface area contributed by atoms with Crippen molar-refractivity contribution in [1.29, 1.82) is 0 Å². The fourth-order valence-electron chi connectivity index (χ4n) is 7.00. The number of likely N-dealkylation sites (tertiary alicyclic amines) is 1. The highest BCUT2D eigenvalue weighted by molar-refractivity contribution is 5.88. The van der Waals surface area contributed by atoms with E-state index in [9.17, 15) is 33.0 Å². The summed E-state index contributed by atoms with van der Waals surface area (Å²) in [7, 11) is 0. The van der Waals surface area contributed by atoms with Crippen LogP contribution >= 0.6 is 0 Å². The second-order valence-electron chi connectivity index (χ2n) is 14.5. The molecule has 2 aromatic rings. The number of benzene rings is 1. The van der Waals surface area contributed by atoms with Gasteiger partial charge in [-0.2, -0.15) is 0 Å². The van der Waals surface area contributed by atoms with Crippen molar-refractivity contribution in [3.8, 4) is 11.3 Å². The van der Waals surface area contributed by atoms with Gasteiger partial charge in [-0.25, -0.2) is 22.6 Å². The van der Waals surface area contributed by atoms with E-state index < -0.39 is 66.2 Å². The number of aromatic nitrogens is 3. The number of ether oxygens (including phenoxy) is 4. The molecule has 286 valence electrons. The van der Waals surface area contributed by atoms with Gasteiger partial charge in [0, 0.05) is 50.5 Å². The molecule has 0 unspecified atom stereocenters. The number of carbonyl (C=O) groups excluding carboxylic acids is 2. The third kappa shape index (κ3) is 8.68. The number of aliphatic hydroxyl groups excluding tert-OH is 2. The van der Waals surface area contributed by atoms with Gasteiger partial charge in [0.2, 0.25) is 5.91 Å². The van der Waals surface area contributed by atoms with Crippen LogP contribution in [0.4, 0.5) is 18.0 Å². The molecule has 6 atom stereocenters. The van der Waals surface area contributed by atoms with Crippen LogP contribution in [0.25, 0.3) is 11.3 Å². The molecular weight excluding hydrogens is 693 g/mol. The Labute approximate surface area is 298 Å². The zero-order valence-electron chi connectivity index (χ0n) is 29.3. The van der Waals surface area contributed by atoms with E-state index in [4.69, 9.17) is 23.8 Å². The fourth-order valence-corrected chi connectivity index (χ4v) is 7.00. The van der Waals surface area contributed by atoms with Crippen LogP contribution in [0.5, 0.6) is 0 Å². The Hall–Kier alpha value is -3.84. The van der Waals surface area contributed by atoms with E-state index in [1.807, 2.05) is 20.8 Å². The molecular formula is C34H45F3N6O9. The lowest BCUT2D eigenvalue weighted by atomic mass is 9.86. The summed E-state index contributed by atoms with van der Waals surface area (Å²) >= 11 is 0. The molecule has 1 aromatic heterocycles. The smallest absolute Gasteiger partial charge is 0.410 e. The fraction of sp³-hybridized carbons (Fsp3) is 0.676. The van der Waals surface area contributed by atoms with Crippen LogP contribution in [-0.4, -0.2) is 141 Å². The number of morpholine rings is 1.